The Morgan fingerprint density at radius 3 is 2.71 bits per heavy atom. The Labute approximate surface area is 95.2 Å². The van der Waals surface area contributed by atoms with Gasteiger partial charge in [-0.15, -0.1) is 0 Å². The van der Waals surface area contributed by atoms with E-state index in [9.17, 15) is 0 Å². The molecule has 0 amide bonds. The van der Waals surface area contributed by atoms with Crippen molar-refractivity contribution in [2.24, 2.45) is 5.73 Å². The van der Waals surface area contributed by atoms with Gasteiger partial charge in [-0.1, -0.05) is 55.1 Å². The normalized spacial score (nSPS) is 12.9. The average molecular weight is 232 g/mol. The van der Waals surface area contributed by atoms with Crippen LogP contribution in [-0.2, 0) is 0 Å². The lowest BCUT2D eigenvalue weighted by Gasteiger charge is -2.13. The van der Waals surface area contributed by atoms with Crippen LogP contribution >= 0.6 is 23.2 Å². The minimum atomic E-state index is 0.00106. The quantitative estimate of drug-likeness (QED) is 0.827. The highest BCUT2D eigenvalue weighted by Crippen LogP contribution is 2.30. The highest BCUT2D eigenvalue weighted by atomic mass is 35.5. The van der Waals surface area contributed by atoms with Gasteiger partial charge in [-0.2, -0.15) is 0 Å². The predicted octanol–water partition coefficient (Wildman–Crippen LogP) is 4.18. The monoisotopic (exact) mass is 231 g/mol. The van der Waals surface area contributed by atoms with Gasteiger partial charge in [-0.3, -0.25) is 0 Å². The Morgan fingerprint density at radius 1 is 1.36 bits per heavy atom. The van der Waals surface area contributed by atoms with E-state index in [0.717, 1.165) is 24.8 Å². The van der Waals surface area contributed by atoms with Crippen molar-refractivity contribution >= 4 is 23.2 Å². The molecule has 0 saturated carbocycles. The van der Waals surface area contributed by atoms with Crippen molar-refractivity contribution in [1.29, 1.82) is 0 Å². The van der Waals surface area contributed by atoms with Crippen molar-refractivity contribution in [3.05, 3.63) is 33.8 Å². The summed E-state index contributed by atoms with van der Waals surface area (Å²) in [5, 5.41) is 1.17. The van der Waals surface area contributed by atoms with Gasteiger partial charge >= 0.3 is 0 Å². The first-order chi connectivity index (χ1) is 6.66. The summed E-state index contributed by atoms with van der Waals surface area (Å²) in [4.78, 5) is 0. The second-order valence-electron chi connectivity index (χ2n) is 3.39. The standard InChI is InChI=1S/C11H15Cl2N/c1-2-3-7-10(14)8-5-4-6-9(12)11(8)13/h4-6,10H,2-3,7,14H2,1H3/t10-/m0/s1. The molecule has 0 saturated heterocycles. The van der Waals surface area contributed by atoms with E-state index in [0.29, 0.717) is 10.0 Å². The summed E-state index contributed by atoms with van der Waals surface area (Å²) < 4.78 is 0. The smallest absolute Gasteiger partial charge is 0.0639 e. The molecule has 0 fully saturated rings. The zero-order valence-electron chi connectivity index (χ0n) is 8.26. The maximum absolute atomic E-state index is 6.06. The predicted molar refractivity (Wildman–Crippen MR) is 62.9 cm³/mol. The van der Waals surface area contributed by atoms with E-state index >= 15 is 0 Å². The van der Waals surface area contributed by atoms with Gasteiger partial charge in [-0.25, -0.2) is 0 Å². The summed E-state index contributed by atoms with van der Waals surface area (Å²) in [5.74, 6) is 0. The summed E-state index contributed by atoms with van der Waals surface area (Å²) in [5.41, 5.74) is 6.96. The van der Waals surface area contributed by atoms with E-state index in [1.165, 1.54) is 0 Å². The minimum absolute atomic E-state index is 0.00106. The fourth-order valence-electron chi connectivity index (χ4n) is 1.39. The van der Waals surface area contributed by atoms with Gasteiger partial charge in [0.25, 0.3) is 0 Å². The molecule has 2 N–H and O–H groups in total. The summed E-state index contributed by atoms with van der Waals surface area (Å²) in [7, 11) is 0. The summed E-state index contributed by atoms with van der Waals surface area (Å²) in [6.45, 7) is 2.15. The molecule has 0 aliphatic heterocycles. The third-order valence-electron chi connectivity index (χ3n) is 2.25. The van der Waals surface area contributed by atoms with Crippen molar-refractivity contribution in [3.63, 3.8) is 0 Å². The molecule has 78 valence electrons. The second-order valence-corrected chi connectivity index (χ2v) is 4.18. The van der Waals surface area contributed by atoms with E-state index < -0.39 is 0 Å². The highest BCUT2D eigenvalue weighted by Gasteiger charge is 2.11. The number of nitrogens with two attached hydrogens (primary N) is 1. The molecule has 3 heteroatoms. The Hall–Kier alpha value is -0.240. The Bertz CT molecular complexity index is 299. The van der Waals surface area contributed by atoms with Crippen LogP contribution in [0.25, 0.3) is 0 Å². The van der Waals surface area contributed by atoms with Crippen molar-refractivity contribution in [1.82, 2.24) is 0 Å². The number of halogens is 2. The van der Waals surface area contributed by atoms with Crippen molar-refractivity contribution in [2.75, 3.05) is 0 Å². The largest absolute Gasteiger partial charge is 0.324 e. The van der Waals surface area contributed by atoms with Gasteiger partial charge in [0.15, 0.2) is 0 Å². The third kappa shape index (κ3) is 2.88. The molecule has 0 aliphatic carbocycles. The first-order valence-corrected chi connectivity index (χ1v) is 5.62. The number of unbranched alkanes of at least 4 members (excludes halogenated alkanes) is 1. The third-order valence-corrected chi connectivity index (χ3v) is 3.08. The van der Waals surface area contributed by atoms with E-state index in [2.05, 4.69) is 6.92 Å². The van der Waals surface area contributed by atoms with Crippen LogP contribution in [0, 0.1) is 0 Å². The number of hydrogen-bond donors (Lipinski definition) is 1. The second kappa shape index (κ2) is 5.59. The van der Waals surface area contributed by atoms with Gasteiger partial charge in [0.05, 0.1) is 10.0 Å². The van der Waals surface area contributed by atoms with Gasteiger partial charge in [0.1, 0.15) is 0 Å². The molecule has 0 radical (unpaired) electrons. The van der Waals surface area contributed by atoms with Crippen LogP contribution in [0.4, 0.5) is 0 Å². The maximum Gasteiger partial charge on any atom is 0.0639 e. The number of rotatable bonds is 4. The van der Waals surface area contributed by atoms with Gasteiger partial charge in [0, 0.05) is 6.04 Å². The molecule has 0 aromatic heterocycles. The number of benzene rings is 1. The van der Waals surface area contributed by atoms with Crippen molar-refractivity contribution in [3.8, 4) is 0 Å². The fourth-order valence-corrected chi connectivity index (χ4v) is 1.83. The topological polar surface area (TPSA) is 26.0 Å². The fraction of sp³-hybridized carbons (Fsp3) is 0.455. The minimum Gasteiger partial charge on any atom is -0.324 e. The van der Waals surface area contributed by atoms with Crippen LogP contribution in [0.2, 0.25) is 10.0 Å². The molecule has 1 aromatic rings. The summed E-state index contributed by atoms with van der Waals surface area (Å²) in [6, 6.07) is 5.60. The molecule has 0 aliphatic rings. The molecule has 14 heavy (non-hydrogen) atoms. The molecule has 0 spiro atoms. The first-order valence-electron chi connectivity index (χ1n) is 4.86. The highest BCUT2D eigenvalue weighted by molar-refractivity contribution is 6.42. The Kier molecular flexibility index (Phi) is 4.73. The molecular formula is C11H15Cl2N. The van der Waals surface area contributed by atoms with Crippen LogP contribution in [0.3, 0.4) is 0 Å². The van der Waals surface area contributed by atoms with Crippen molar-refractivity contribution < 1.29 is 0 Å². The molecule has 0 bridgehead atoms. The number of hydrogen-bond acceptors (Lipinski definition) is 1. The average Bonchev–Trinajstić information content (AvgIpc) is 2.18. The summed E-state index contributed by atoms with van der Waals surface area (Å²) in [6.07, 6.45) is 3.21. The lowest BCUT2D eigenvalue weighted by atomic mass is 10.0. The van der Waals surface area contributed by atoms with Crippen LogP contribution < -0.4 is 5.73 Å². The van der Waals surface area contributed by atoms with Crippen molar-refractivity contribution in [2.45, 2.75) is 32.2 Å². The molecule has 0 heterocycles. The molecule has 1 atom stereocenters. The maximum atomic E-state index is 6.06. The Balaban J connectivity index is 2.79. The lowest BCUT2D eigenvalue weighted by Crippen LogP contribution is -2.10. The van der Waals surface area contributed by atoms with Gasteiger partial charge in [0.2, 0.25) is 0 Å². The van der Waals surface area contributed by atoms with Crippen LogP contribution in [0.15, 0.2) is 18.2 Å². The van der Waals surface area contributed by atoms with E-state index in [-0.39, 0.29) is 6.04 Å². The lowest BCUT2D eigenvalue weighted by molar-refractivity contribution is 0.603. The van der Waals surface area contributed by atoms with Gasteiger partial charge in [-0.05, 0) is 18.1 Å². The van der Waals surface area contributed by atoms with E-state index in [1.807, 2.05) is 12.1 Å². The summed E-state index contributed by atoms with van der Waals surface area (Å²) >= 11 is 12.0. The van der Waals surface area contributed by atoms with E-state index in [1.54, 1.807) is 6.07 Å². The SMILES string of the molecule is CCCC[C@H](N)c1cccc(Cl)c1Cl. The van der Waals surface area contributed by atoms with E-state index in [4.69, 9.17) is 28.9 Å². The van der Waals surface area contributed by atoms with Gasteiger partial charge < -0.3 is 5.73 Å². The molecular weight excluding hydrogens is 217 g/mol. The molecule has 1 rings (SSSR count). The Morgan fingerprint density at radius 2 is 2.07 bits per heavy atom. The zero-order valence-corrected chi connectivity index (χ0v) is 9.78. The molecule has 1 aromatic carbocycles. The van der Waals surface area contributed by atoms with Crippen LogP contribution in [-0.4, -0.2) is 0 Å². The van der Waals surface area contributed by atoms with Crippen LogP contribution in [0.5, 0.6) is 0 Å². The zero-order chi connectivity index (χ0) is 10.6. The van der Waals surface area contributed by atoms with Crippen LogP contribution in [0.1, 0.15) is 37.8 Å². The molecule has 1 nitrogen and oxygen atoms in total. The molecule has 0 unspecified atom stereocenters. The first kappa shape index (κ1) is 11.8.